The molecule has 0 bridgehead atoms. The van der Waals surface area contributed by atoms with Crippen molar-refractivity contribution in [1.82, 2.24) is 0 Å². The van der Waals surface area contributed by atoms with Gasteiger partial charge in [0.05, 0.1) is 11.3 Å². The Bertz CT molecular complexity index is 786. The van der Waals surface area contributed by atoms with E-state index in [1.54, 1.807) is 20.1 Å². The summed E-state index contributed by atoms with van der Waals surface area (Å²) in [5, 5.41) is 12.0. The van der Waals surface area contributed by atoms with Crippen LogP contribution in [0.25, 0.3) is 0 Å². The first-order valence-corrected chi connectivity index (χ1v) is 9.29. The van der Waals surface area contributed by atoms with Crippen LogP contribution in [-0.2, 0) is 15.1 Å². The summed E-state index contributed by atoms with van der Waals surface area (Å²) >= 11 is 1.49. The Morgan fingerprint density at radius 1 is 1.15 bits per heavy atom. The molecule has 0 amide bonds. The number of rotatable bonds is 5. The van der Waals surface area contributed by atoms with Crippen molar-refractivity contribution in [1.29, 1.82) is 0 Å². The Hall–Kier alpha value is -1.89. The molecule has 1 aliphatic rings. The molecular weight excluding hydrogens is 353 g/mol. The summed E-state index contributed by atoms with van der Waals surface area (Å²) in [5.74, 6) is -0.271. The molecular formula is C20H22FNO3S. The van der Waals surface area contributed by atoms with Gasteiger partial charge in [-0.3, -0.25) is 0 Å². The Kier molecular flexibility index (Phi) is 5.96. The second-order valence-corrected chi connectivity index (χ2v) is 7.45. The number of ether oxygens (including phenoxy) is 2. The molecule has 1 aliphatic heterocycles. The van der Waals surface area contributed by atoms with E-state index in [9.17, 15) is 4.39 Å². The number of nitrogens with zero attached hydrogens (tertiary/aromatic N) is 1. The van der Waals surface area contributed by atoms with Crippen LogP contribution in [0, 0.1) is 5.82 Å². The molecule has 0 unspecified atom stereocenters. The first kappa shape index (κ1) is 18.9. The molecule has 0 atom stereocenters. The third-order valence-corrected chi connectivity index (χ3v) is 5.73. The average molecular weight is 375 g/mol. The van der Waals surface area contributed by atoms with E-state index in [4.69, 9.17) is 14.7 Å². The fourth-order valence-corrected chi connectivity index (χ4v) is 4.06. The summed E-state index contributed by atoms with van der Waals surface area (Å²) in [6.07, 6.45) is 1.43. The van der Waals surface area contributed by atoms with Gasteiger partial charge in [0, 0.05) is 43.0 Å². The monoisotopic (exact) mass is 375 g/mol. The average Bonchev–Trinajstić information content (AvgIpc) is 2.68. The number of halogens is 1. The van der Waals surface area contributed by atoms with Crippen molar-refractivity contribution in [2.75, 3.05) is 20.3 Å². The lowest BCUT2D eigenvalue weighted by Crippen LogP contribution is -2.35. The quantitative estimate of drug-likeness (QED) is 0.462. The van der Waals surface area contributed by atoms with E-state index in [0.29, 0.717) is 31.8 Å². The predicted octanol–water partition coefficient (Wildman–Crippen LogP) is 4.83. The molecule has 1 fully saturated rings. The molecule has 6 heteroatoms. The van der Waals surface area contributed by atoms with Gasteiger partial charge in [-0.1, -0.05) is 29.1 Å². The van der Waals surface area contributed by atoms with Crippen LogP contribution in [-0.4, -0.2) is 31.2 Å². The molecule has 0 radical (unpaired) electrons. The van der Waals surface area contributed by atoms with Gasteiger partial charge in [0.2, 0.25) is 0 Å². The van der Waals surface area contributed by atoms with Crippen LogP contribution < -0.4 is 0 Å². The molecule has 1 saturated heterocycles. The second-order valence-electron chi connectivity index (χ2n) is 6.30. The molecule has 1 N–H and O–H groups in total. The van der Waals surface area contributed by atoms with E-state index in [1.807, 2.05) is 30.3 Å². The topological polar surface area (TPSA) is 51.0 Å². The zero-order valence-electron chi connectivity index (χ0n) is 14.9. The number of benzene rings is 2. The Morgan fingerprint density at radius 2 is 1.85 bits per heavy atom. The molecule has 2 aromatic rings. The van der Waals surface area contributed by atoms with E-state index >= 15 is 0 Å². The minimum absolute atomic E-state index is 0.271. The summed E-state index contributed by atoms with van der Waals surface area (Å²) in [6, 6.07) is 12.7. The third-order valence-electron chi connectivity index (χ3n) is 4.75. The third kappa shape index (κ3) is 4.09. The van der Waals surface area contributed by atoms with Crippen molar-refractivity contribution in [3.05, 3.63) is 59.4 Å². The van der Waals surface area contributed by atoms with Crippen molar-refractivity contribution in [3.8, 4) is 0 Å². The molecule has 0 aromatic heterocycles. The Morgan fingerprint density at radius 3 is 2.46 bits per heavy atom. The van der Waals surface area contributed by atoms with Crippen LogP contribution in [0.5, 0.6) is 0 Å². The zero-order valence-corrected chi connectivity index (χ0v) is 15.7. The number of methoxy groups -OCH3 is 1. The lowest BCUT2D eigenvalue weighted by atomic mass is 9.86. The van der Waals surface area contributed by atoms with Crippen molar-refractivity contribution in [2.24, 2.45) is 5.16 Å². The molecule has 0 aliphatic carbocycles. The van der Waals surface area contributed by atoms with Crippen LogP contribution in [0.15, 0.2) is 57.4 Å². The maximum atomic E-state index is 14.3. The first-order chi connectivity index (χ1) is 12.6. The summed E-state index contributed by atoms with van der Waals surface area (Å²) in [6.45, 7) is 2.96. The number of hydrogen-bond donors (Lipinski definition) is 1. The van der Waals surface area contributed by atoms with E-state index in [2.05, 4.69) is 5.16 Å². The van der Waals surface area contributed by atoms with Crippen LogP contribution in [0.2, 0.25) is 0 Å². The highest BCUT2D eigenvalue weighted by Gasteiger charge is 2.35. The summed E-state index contributed by atoms with van der Waals surface area (Å²) < 4.78 is 25.5. The minimum Gasteiger partial charge on any atom is -0.411 e. The first-order valence-electron chi connectivity index (χ1n) is 8.47. The fraction of sp³-hybridized carbons (Fsp3) is 0.350. The normalized spacial score (nSPS) is 17.3. The van der Waals surface area contributed by atoms with Crippen LogP contribution in [0.4, 0.5) is 4.39 Å². The molecule has 0 spiro atoms. The summed E-state index contributed by atoms with van der Waals surface area (Å²) in [5.41, 5.74) is 1.76. The predicted molar refractivity (Wildman–Crippen MR) is 99.7 cm³/mol. The van der Waals surface area contributed by atoms with E-state index in [0.717, 1.165) is 20.9 Å². The molecule has 1 heterocycles. The standard InChI is InChI=1S/C20H22FNO3S/c1-14(22-23)15-3-5-18(6-4-15)26-19-12-16(11-17(21)13-19)20(24-2)7-9-25-10-8-20/h3-6,11-13,23H,7-10H2,1-2H3/b22-14-. The maximum absolute atomic E-state index is 14.3. The smallest absolute Gasteiger partial charge is 0.124 e. The van der Waals surface area contributed by atoms with Gasteiger partial charge < -0.3 is 14.7 Å². The maximum Gasteiger partial charge on any atom is 0.124 e. The Labute approximate surface area is 157 Å². The van der Waals surface area contributed by atoms with Gasteiger partial charge in [0.15, 0.2) is 0 Å². The van der Waals surface area contributed by atoms with Crippen LogP contribution in [0.3, 0.4) is 0 Å². The highest BCUT2D eigenvalue weighted by Crippen LogP contribution is 2.38. The van der Waals surface area contributed by atoms with Gasteiger partial charge in [-0.05, 0) is 48.4 Å². The number of oxime groups is 1. The lowest BCUT2D eigenvalue weighted by Gasteiger charge is -2.36. The highest BCUT2D eigenvalue weighted by molar-refractivity contribution is 7.99. The Balaban J connectivity index is 1.86. The second kappa shape index (κ2) is 8.20. The SMILES string of the molecule is COC1(c2cc(F)cc(Sc3ccc(/C(C)=N\O)cc3)c2)CCOCC1. The molecule has 0 saturated carbocycles. The fourth-order valence-electron chi connectivity index (χ4n) is 3.15. The summed E-state index contributed by atoms with van der Waals surface area (Å²) in [4.78, 5) is 1.80. The zero-order chi connectivity index (χ0) is 18.6. The van der Waals surface area contributed by atoms with Crippen LogP contribution >= 0.6 is 11.8 Å². The van der Waals surface area contributed by atoms with Gasteiger partial charge in [-0.25, -0.2) is 4.39 Å². The van der Waals surface area contributed by atoms with E-state index in [1.165, 1.54) is 17.8 Å². The van der Waals surface area contributed by atoms with E-state index in [-0.39, 0.29) is 5.82 Å². The largest absolute Gasteiger partial charge is 0.411 e. The van der Waals surface area contributed by atoms with Crippen molar-refractivity contribution < 1.29 is 19.1 Å². The van der Waals surface area contributed by atoms with Crippen molar-refractivity contribution in [2.45, 2.75) is 35.2 Å². The number of hydrogen-bond acceptors (Lipinski definition) is 5. The van der Waals surface area contributed by atoms with Gasteiger partial charge in [-0.2, -0.15) is 0 Å². The molecule has 3 rings (SSSR count). The molecule has 4 nitrogen and oxygen atoms in total. The van der Waals surface area contributed by atoms with Gasteiger partial charge in [0.25, 0.3) is 0 Å². The lowest BCUT2D eigenvalue weighted by molar-refractivity contribution is -0.0950. The van der Waals surface area contributed by atoms with Crippen molar-refractivity contribution >= 4 is 17.5 Å². The van der Waals surface area contributed by atoms with Gasteiger partial charge in [0.1, 0.15) is 5.82 Å². The van der Waals surface area contributed by atoms with Gasteiger partial charge in [-0.15, -0.1) is 0 Å². The highest BCUT2D eigenvalue weighted by atomic mass is 32.2. The van der Waals surface area contributed by atoms with E-state index < -0.39 is 5.60 Å². The minimum atomic E-state index is -0.492. The molecule has 138 valence electrons. The van der Waals surface area contributed by atoms with Gasteiger partial charge >= 0.3 is 0 Å². The van der Waals surface area contributed by atoms with Crippen LogP contribution in [0.1, 0.15) is 30.9 Å². The summed E-state index contributed by atoms with van der Waals surface area (Å²) in [7, 11) is 1.67. The molecule has 26 heavy (non-hydrogen) atoms. The molecule has 2 aromatic carbocycles. The van der Waals surface area contributed by atoms with Crippen molar-refractivity contribution in [3.63, 3.8) is 0 Å².